The molecule has 2 aromatic carbocycles. The highest BCUT2D eigenvalue weighted by Crippen LogP contribution is 2.35. The van der Waals surface area contributed by atoms with Crippen molar-refractivity contribution < 1.29 is 19.0 Å². The first kappa shape index (κ1) is 20.9. The molecule has 0 aliphatic carbocycles. The van der Waals surface area contributed by atoms with E-state index >= 15 is 0 Å². The molecule has 7 heteroatoms. The number of hydrogen-bond donors (Lipinski definition) is 0. The maximum atomic E-state index is 13.6. The Morgan fingerprint density at radius 1 is 1.03 bits per heavy atom. The third-order valence-corrected chi connectivity index (χ3v) is 5.34. The summed E-state index contributed by atoms with van der Waals surface area (Å²) in [6.45, 7) is 5.05. The van der Waals surface area contributed by atoms with Crippen LogP contribution >= 0.6 is 0 Å². The van der Waals surface area contributed by atoms with E-state index in [1.165, 1.54) is 0 Å². The lowest BCUT2D eigenvalue weighted by Gasteiger charge is -2.35. The van der Waals surface area contributed by atoms with E-state index in [4.69, 9.17) is 19.3 Å². The highest BCUT2D eigenvalue weighted by Gasteiger charge is 2.30. The van der Waals surface area contributed by atoms with Crippen LogP contribution in [0.3, 0.4) is 0 Å². The molecule has 1 aliphatic rings. The number of para-hydroxylation sites is 1. The van der Waals surface area contributed by atoms with Crippen LogP contribution in [0, 0.1) is 0 Å². The van der Waals surface area contributed by atoms with Gasteiger partial charge in [0.25, 0.3) is 5.91 Å². The summed E-state index contributed by atoms with van der Waals surface area (Å²) in [6.07, 6.45) is 1.76. The number of amides is 1. The quantitative estimate of drug-likeness (QED) is 0.627. The fourth-order valence-corrected chi connectivity index (χ4v) is 3.95. The molecule has 1 aliphatic heterocycles. The van der Waals surface area contributed by atoms with Crippen LogP contribution in [0.1, 0.15) is 24.2 Å². The highest BCUT2D eigenvalue weighted by atomic mass is 16.5. The van der Waals surface area contributed by atoms with Gasteiger partial charge in [-0.25, -0.2) is 4.68 Å². The van der Waals surface area contributed by atoms with Crippen LogP contribution in [0.4, 0.5) is 0 Å². The Morgan fingerprint density at radius 2 is 1.74 bits per heavy atom. The lowest BCUT2D eigenvalue weighted by molar-refractivity contribution is -0.0586. The summed E-state index contributed by atoms with van der Waals surface area (Å²) in [4.78, 5) is 15.4. The number of carbonyl (C=O) groups is 1. The van der Waals surface area contributed by atoms with Gasteiger partial charge in [0.15, 0.2) is 0 Å². The molecular formula is C24H27N3O4. The number of methoxy groups -OCH3 is 2. The van der Waals surface area contributed by atoms with Crippen molar-refractivity contribution in [2.45, 2.75) is 26.1 Å². The van der Waals surface area contributed by atoms with E-state index in [1.54, 1.807) is 31.2 Å². The lowest BCUT2D eigenvalue weighted by atomic mass is 10.0. The van der Waals surface area contributed by atoms with Gasteiger partial charge in [0.1, 0.15) is 17.2 Å². The van der Waals surface area contributed by atoms with Crippen molar-refractivity contribution in [3.8, 4) is 28.4 Å². The van der Waals surface area contributed by atoms with Crippen LogP contribution in [-0.4, -0.2) is 60.1 Å². The van der Waals surface area contributed by atoms with Crippen molar-refractivity contribution in [2.24, 2.45) is 0 Å². The monoisotopic (exact) mass is 421 g/mol. The fraction of sp³-hybridized carbons (Fsp3) is 0.333. The number of ether oxygens (including phenoxy) is 3. The molecule has 1 aromatic heterocycles. The molecule has 1 saturated heterocycles. The maximum Gasteiger partial charge on any atom is 0.257 e. The summed E-state index contributed by atoms with van der Waals surface area (Å²) in [6, 6.07) is 15.2. The van der Waals surface area contributed by atoms with E-state index in [-0.39, 0.29) is 18.1 Å². The Morgan fingerprint density at radius 3 is 2.39 bits per heavy atom. The molecular weight excluding hydrogens is 394 g/mol. The topological polar surface area (TPSA) is 65.8 Å². The number of benzene rings is 2. The number of morpholine rings is 1. The Labute approximate surface area is 182 Å². The lowest BCUT2D eigenvalue weighted by Crippen LogP contribution is -2.48. The van der Waals surface area contributed by atoms with Crippen LogP contribution in [0.5, 0.6) is 11.5 Å². The molecule has 7 nitrogen and oxygen atoms in total. The second-order valence-corrected chi connectivity index (χ2v) is 7.71. The van der Waals surface area contributed by atoms with Crippen LogP contribution in [0.15, 0.2) is 54.7 Å². The van der Waals surface area contributed by atoms with Crippen LogP contribution < -0.4 is 9.47 Å². The molecule has 1 fully saturated rings. The third-order valence-electron chi connectivity index (χ3n) is 5.34. The summed E-state index contributed by atoms with van der Waals surface area (Å²) < 4.78 is 18.5. The first-order valence-electron chi connectivity index (χ1n) is 10.3. The largest absolute Gasteiger partial charge is 0.497 e. The number of nitrogens with zero attached hydrogens (tertiary/aromatic N) is 3. The Bertz CT molecular complexity index is 1050. The number of hydrogen-bond acceptors (Lipinski definition) is 5. The summed E-state index contributed by atoms with van der Waals surface area (Å²) in [7, 11) is 3.20. The molecule has 1 amide bonds. The van der Waals surface area contributed by atoms with E-state index in [0.717, 1.165) is 11.3 Å². The van der Waals surface area contributed by atoms with Crippen molar-refractivity contribution in [1.29, 1.82) is 0 Å². The SMILES string of the molecule is COc1ccc(-c2nn(-c3ccccc3)cc2C(=O)N2CC(C)OC(C)C2)c(OC)c1. The molecule has 0 saturated carbocycles. The van der Waals surface area contributed by atoms with Crippen LogP contribution in [0.25, 0.3) is 16.9 Å². The minimum atomic E-state index is -0.0722. The predicted octanol–water partition coefficient (Wildman–Crippen LogP) is 3.81. The average Bonchev–Trinajstić information content (AvgIpc) is 3.23. The Hall–Kier alpha value is -3.32. The van der Waals surface area contributed by atoms with E-state index in [9.17, 15) is 4.79 Å². The molecule has 0 bridgehead atoms. The molecule has 4 rings (SSSR count). The molecule has 2 heterocycles. The second-order valence-electron chi connectivity index (χ2n) is 7.71. The van der Waals surface area contributed by atoms with Gasteiger partial charge < -0.3 is 19.1 Å². The van der Waals surface area contributed by atoms with Gasteiger partial charge in [0.05, 0.1) is 37.7 Å². The zero-order valence-corrected chi connectivity index (χ0v) is 18.2. The number of carbonyl (C=O) groups excluding carboxylic acids is 1. The molecule has 0 radical (unpaired) electrons. The van der Waals surface area contributed by atoms with Gasteiger partial charge in [0.2, 0.25) is 0 Å². The zero-order chi connectivity index (χ0) is 22.0. The van der Waals surface area contributed by atoms with Gasteiger partial charge in [-0.3, -0.25) is 4.79 Å². The second kappa shape index (κ2) is 8.81. The summed E-state index contributed by atoms with van der Waals surface area (Å²) >= 11 is 0. The van der Waals surface area contributed by atoms with E-state index in [2.05, 4.69) is 0 Å². The van der Waals surface area contributed by atoms with Gasteiger partial charge in [-0.15, -0.1) is 0 Å². The molecule has 0 spiro atoms. The first-order valence-corrected chi connectivity index (χ1v) is 10.3. The normalized spacial score (nSPS) is 18.6. The molecule has 31 heavy (non-hydrogen) atoms. The van der Waals surface area contributed by atoms with Gasteiger partial charge in [-0.05, 0) is 38.1 Å². The van der Waals surface area contributed by atoms with Crippen molar-refractivity contribution in [2.75, 3.05) is 27.3 Å². The average molecular weight is 421 g/mol. The van der Waals surface area contributed by atoms with Crippen molar-refractivity contribution in [1.82, 2.24) is 14.7 Å². The van der Waals surface area contributed by atoms with Gasteiger partial charge in [-0.2, -0.15) is 5.10 Å². The first-order chi connectivity index (χ1) is 15.0. The summed E-state index contributed by atoms with van der Waals surface area (Å²) in [5.74, 6) is 1.19. The Kier molecular flexibility index (Phi) is 5.95. The number of aromatic nitrogens is 2. The van der Waals surface area contributed by atoms with Gasteiger partial charge >= 0.3 is 0 Å². The smallest absolute Gasteiger partial charge is 0.257 e. The van der Waals surface area contributed by atoms with Crippen molar-refractivity contribution in [3.05, 3.63) is 60.3 Å². The van der Waals surface area contributed by atoms with E-state index in [0.29, 0.717) is 35.8 Å². The standard InChI is InChI=1S/C24H27N3O4/c1-16-13-26(14-17(2)31-16)24(28)21-15-27(18-8-6-5-7-9-18)25-23(21)20-11-10-19(29-3)12-22(20)30-4/h5-12,15-17H,13-14H2,1-4H3. The fourth-order valence-electron chi connectivity index (χ4n) is 3.95. The number of rotatable bonds is 5. The van der Waals surface area contributed by atoms with Crippen molar-refractivity contribution in [3.63, 3.8) is 0 Å². The van der Waals surface area contributed by atoms with E-state index < -0.39 is 0 Å². The highest BCUT2D eigenvalue weighted by molar-refractivity contribution is 6.00. The molecule has 162 valence electrons. The third kappa shape index (κ3) is 4.27. The van der Waals surface area contributed by atoms with E-state index in [1.807, 2.05) is 61.2 Å². The van der Waals surface area contributed by atoms with Crippen LogP contribution in [-0.2, 0) is 4.74 Å². The Balaban J connectivity index is 1.82. The molecule has 3 aromatic rings. The summed E-state index contributed by atoms with van der Waals surface area (Å²) in [5, 5.41) is 4.79. The van der Waals surface area contributed by atoms with Crippen molar-refractivity contribution >= 4 is 5.91 Å². The zero-order valence-electron chi connectivity index (χ0n) is 18.2. The minimum Gasteiger partial charge on any atom is -0.497 e. The van der Waals surface area contributed by atoms with Crippen LogP contribution in [0.2, 0.25) is 0 Å². The summed E-state index contributed by atoms with van der Waals surface area (Å²) in [5.41, 5.74) is 2.70. The predicted molar refractivity (Wildman–Crippen MR) is 118 cm³/mol. The van der Waals surface area contributed by atoms with Gasteiger partial charge in [0, 0.05) is 30.9 Å². The molecule has 0 N–H and O–H groups in total. The molecule has 2 unspecified atom stereocenters. The van der Waals surface area contributed by atoms with Gasteiger partial charge in [-0.1, -0.05) is 18.2 Å². The maximum absolute atomic E-state index is 13.6. The molecule has 2 atom stereocenters. The minimum absolute atomic E-state index is 0.0177.